The molecular weight excluding hydrogens is 242 g/mol. The number of carbonyl (C=O) groups is 1. The van der Waals surface area contributed by atoms with Crippen LogP contribution in [0.3, 0.4) is 0 Å². The Morgan fingerprint density at radius 2 is 2.21 bits per heavy atom. The van der Waals surface area contributed by atoms with Crippen LogP contribution in [-0.4, -0.2) is 34.3 Å². The van der Waals surface area contributed by atoms with Crippen LogP contribution in [0.4, 0.5) is 5.69 Å². The van der Waals surface area contributed by atoms with Crippen LogP contribution < -0.4 is 10.6 Å². The van der Waals surface area contributed by atoms with Gasteiger partial charge < -0.3 is 10.6 Å². The first-order valence-electron chi connectivity index (χ1n) is 6.09. The van der Waals surface area contributed by atoms with Crippen molar-refractivity contribution in [2.24, 2.45) is 7.05 Å². The molecule has 2 aromatic heterocycles. The summed E-state index contributed by atoms with van der Waals surface area (Å²) >= 11 is 0. The Morgan fingerprint density at radius 3 is 2.89 bits per heavy atom. The highest BCUT2D eigenvalue weighted by molar-refractivity contribution is 5.92. The van der Waals surface area contributed by atoms with Crippen molar-refractivity contribution in [2.45, 2.75) is 6.42 Å². The third-order valence-corrected chi connectivity index (χ3v) is 2.85. The number of carbonyl (C=O) groups excluding carboxylic acids is 1. The SMILES string of the molecule is CNC(=O)c1cc(NCCc2ccnn2C)ccn1. The lowest BCUT2D eigenvalue weighted by Crippen LogP contribution is -2.19. The quantitative estimate of drug-likeness (QED) is 0.834. The van der Waals surface area contributed by atoms with Gasteiger partial charge in [-0.1, -0.05) is 0 Å². The van der Waals surface area contributed by atoms with Gasteiger partial charge in [-0.2, -0.15) is 5.10 Å². The molecule has 6 nitrogen and oxygen atoms in total. The number of aryl methyl sites for hydroxylation is 1. The molecule has 1 amide bonds. The molecule has 0 aliphatic rings. The zero-order valence-electron chi connectivity index (χ0n) is 11.1. The molecule has 2 N–H and O–H groups in total. The number of rotatable bonds is 5. The minimum atomic E-state index is -0.185. The molecule has 0 spiro atoms. The number of pyridine rings is 1. The van der Waals surface area contributed by atoms with E-state index >= 15 is 0 Å². The number of amides is 1. The van der Waals surface area contributed by atoms with E-state index in [1.54, 1.807) is 25.5 Å². The summed E-state index contributed by atoms with van der Waals surface area (Å²) in [6, 6.07) is 5.57. The van der Waals surface area contributed by atoms with E-state index in [9.17, 15) is 4.79 Å². The van der Waals surface area contributed by atoms with Crippen LogP contribution in [0.2, 0.25) is 0 Å². The van der Waals surface area contributed by atoms with Gasteiger partial charge in [-0.15, -0.1) is 0 Å². The summed E-state index contributed by atoms with van der Waals surface area (Å²) < 4.78 is 1.85. The molecule has 0 aliphatic heterocycles. The fraction of sp³-hybridized carbons (Fsp3) is 0.308. The lowest BCUT2D eigenvalue weighted by Gasteiger charge is -2.07. The summed E-state index contributed by atoms with van der Waals surface area (Å²) in [5.74, 6) is -0.185. The fourth-order valence-electron chi connectivity index (χ4n) is 1.77. The average Bonchev–Trinajstić information content (AvgIpc) is 2.84. The second kappa shape index (κ2) is 5.99. The molecule has 2 heterocycles. The minimum Gasteiger partial charge on any atom is -0.385 e. The summed E-state index contributed by atoms with van der Waals surface area (Å²) in [6.07, 6.45) is 4.27. The van der Waals surface area contributed by atoms with E-state index < -0.39 is 0 Å². The number of nitrogens with one attached hydrogen (secondary N) is 2. The molecule has 0 saturated heterocycles. The molecule has 2 aromatic rings. The maximum Gasteiger partial charge on any atom is 0.269 e. The van der Waals surface area contributed by atoms with Crippen LogP contribution in [-0.2, 0) is 13.5 Å². The van der Waals surface area contributed by atoms with E-state index in [1.165, 1.54) is 0 Å². The van der Waals surface area contributed by atoms with Gasteiger partial charge in [-0.05, 0) is 18.2 Å². The van der Waals surface area contributed by atoms with Gasteiger partial charge in [0.25, 0.3) is 5.91 Å². The molecule has 0 atom stereocenters. The van der Waals surface area contributed by atoms with Crippen molar-refractivity contribution >= 4 is 11.6 Å². The second-order valence-electron chi connectivity index (χ2n) is 4.13. The Morgan fingerprint density at radius 1 is 1.37 bits per heavy atom. The molecule has 0 unspecified atom stereocenters. The molecule has 6 heteroatoms. The molecule has 19 heavy (non-hydrogen) atoms. The van der Waals surface area contributed by atoms with Gasteiger partial charge in [0.2, 0.25) is 0 Å². The first-order valence-corrected chi connectivity index (χ1v) is 6.09. The predicted octanol–water partition coefficient (Wildman–Crippen LogP) is 0.829. The summed E-state index contributed by atoms with van der Waals surface area (Å²) in [5, 5.41) is 9.94. The van der Waals surface area contributed by atoms with Gasteiger partial charge in [0.1, 0.15) is 5.69 Å². The van der Waals surface area contributed by atoms with Crippen LogP contribution in [0.15, 0.2) is 30.6 Å². The van der Waals surface area contributed by atoms with E-state index in [1.807, 2.05) is 23.9 Å². The average molecular weight is 259 g/mol. The van der Waals surface area contributed by atoms with E-state index in [0.717, 1.165) is 24.3 Å². The van der Waals surface area contributed by atoms with Crippen molar-refractivity contribution in [2.75, 3.05) is 18.9 Å². The minimum absolute atomic E-state index is 0.185. The number of hydrogen-bond donors (Lipinski definition) is 2. The van der Waals surface area contributed by atoms with Crippen molar-refractivity contribution < 1.29 is 4.79 Å². The molecule has 2 rings (SSSR count). The summed E-state index contributed by atoms with van der Waals surface area (Å²) in [6.45, 7) is 0.775. The van der Waals surface area contributed by atoms with Gasteiger partial charge in [0, 0.05) is 50.8 Å². The van der Waals surface area contributed by atoms with Crippen LogP contribution in [0.5, 0.6) is 0 Å². The zero-order valence-corrected chi connectivity index (χ0v) is 11.1. The van der Waals surface area contributed by atoms with Crippen LogP contribution in [0, 0.1) is 0 Å². The topological polar surface area (TPSA) is 71.8 Å². The number of nitrogens with zero attached hydrogens (tertiary/aromatic N) is 3. The van der Waals surface area contributed by atoms with Crippen molar-refractivity contribution in [1.82, 2.24) is 20.1 Å². The Balaban J connectivity index is 1.93. The highest BCUT2D eigenvalue weighted by Gasteiger charge is 2.05. The van der Waals surface area contributed by atoms with Crippen molar-refractivity contribution in [1.29, 1.82) is 0 Å². The predicted molar refractivity (Wildman–Crippen MR) is 73.0 cm³/mol. The second-order valence-corrected chi connectivity index (χ2v) is 4.13. The fourth-order valence-corrected chi connectivity index (χ4v) is 1.77. The Kier molecular flexibility index (Phi) is 4.12. The van der Waals surface area contributed by atoms with E-state index in [0.29, 0.717) is 5.69 Å². The van der Waals surface area contributed by atoms with Crippen LogP contribution in [0.1, 0.15) is 16.2 Å². The summed E-state index contributed by atoms with van der Waals surface area (Å²) in [4.78, 5) is 15.5. The van der Waals surface area contributed by atoms with Gasteiger partial charge in [-0.3, -0.25) is 14.5 Å². The Bertz CT molecular complexity index is 564. The molecule has 0 saturated carbocycles. The lowest BCUT2D eigenvalue weighted by atomic mass is 10.2. The molecule has 0 aliphatic carbocycles. The highest BCUT2D eigenvalue weighted by atomic mass is 16.1. The maximum absolute atomic E-state index is 11.5. The monoisotopic (exact) mass is 259 g/mol. The smallest absolute Gasteiger partial charge is 0.269 e. The Labute approximate surface area is 111 Å². The highest BCUT2D eigenvalue weighted by Crippen LogP contribution is 2.08. The van der Waals surface area contributed by atoms with Gasteiger partial charge in [0.05, 0.1) is 0 Å². The van der Waals surface area contributed by atoms with Crippen LogP contribution >= 0.6 is 0 Å². The van der Waals surface area contributed by atoms with E-state index in [-0.39, 0.29) is 5.91 Å². The molecule has 0 fully saturated rings. The van der Waals surface area contributed by atoms with E-state index in [4.69, 9.17) is 0 Å². The standard InChI is InChI=1S/C13H17N5O/c1-14-13(19)12-9-10(3-6-16-12)15-7-4-11-5-8-17-18(11)2/h3,5-6,8-9H,4,7H2,1-2H3,(H,14,19)(H,15,16). The molecule has 0 aromatic carbocycles. The normalized spacial score (nSPS) is 10.2. The van der Waals surface area contributed by atoms with Crippen LogP contribution in [0.25, 0.3) is 0 Å². The summed E-state index contributed by atoms with van der Waals surface area (Å²) in [7, 11) is 3.51. The number of hydrogen-bond acceptors (Lipinski definition) is 4. The third-order valence-electron chi connectivity index (χ3n) is 2.85. The molecule has 0 radical (unpaired) electrons. The molecule has 100 valence electrons. The van der Waals surface area contributed by atoms with Crippen molar-refractivity contribution in [3.8, 4) is 0 Å². The number of anilines is 1. The largest absolute Gasteiger partial charge is 0.385 e. The maximum atomic E-state index is 11.5. The lowest BCUT2D eigenvalue weighted by molar-refractivity contribution is 0.0958. The summed E-state index contributed by atoms with van der Waals surface area (Å²) in [5.41, 5.74) is 2.46. The number of aromatic nitrogens is 3. The van der Waals surface area contributed by atoms with Gasteiger partial charge >= 0.3 is 0 Å². The Hall–Kier alpha value is -2.37. The zero-order chi connectivity index (χ0) is 13.7. The third kappa shape index (κ3) is 3.31. The van der Waals surface area contributed by atoms with Gasteiger partial charge in [-0.25, -0.2) is 0 Å². The van der Waals surface area contributed by atoms with E-state index in [2.05, 4.69) is 20.7 Å². The van der Waals surface area contributed by atoms with Gasteiger partial charge in [0.15, 0.2) is 0 Å². The first-order chi connectivity index (χ1) is 9.20. The van der Waals surface area contributed by atoms with Crippen molar-refractivity contribution in [3.05, 3.63) is 42.0 Å². The van der Waals surface area contributed by atoms with Crippen molar-refractivity contribution in [3.63, 3.8) is 0 Å². The molecule has 0 bridgehead atoms. The molecular formula is C13H17N5O. The first kappa shape index (κ1) is 13.1.